The van der Waals surface area contributed by atoms with Gasteiger partial charge in [-0.15, -0.1) is 0 Å². The molecule has 0 spiro atoms. The van der Waals surface area contributed by atoms with Gasteiger partial charge in [-0.05, 0) is 32.2 Å². The van der Waals surface area contributed by atoms with E-state index in [9.17, 15) is 9.90 Å². The Morgan fingerprint density at radius 1 is 1.38 bits per heavy atom. The molecule has 21 heavy (non-hydrogen) atoms. The number of ether oxygens (including phenoxy) is 1. The molecule has 2 unspecified atom stereocenters. The van der Waals surface area contributed by atoms with Gasteiger partial charge in [0, 0.05) is 32.7 Å². The highest BCUT2D eigenvalue weighted by Gasteiger charge is 2.38. The van der Waals surface area contributed by atoms with Crippen LogP contribution in [0.5, 0.6) is 0 Å². The number of likely N-dealkylation sites (tertiary alicyclic amines) is 1. The molecule has 2 fully saturated rings. The average molecular weight is 298 g/mol. The zero-order valence-corrected chi connectivity index (χ0v) is 13.7. The highest BCUT2D eigenvalue weighted by atomic mass is 16.5. The Hall–Kier alpha value is -0.650. The zero-order valence-electron chi connectivity index (χ0n) is 13.7. The Morgan fingerprint density at radius 3 is 2.81 bits per heavy atom. The number of carbonyl (C=O) groups is 1. The molecular weight excluding hydrogens is 268 g/mol. The van der Waals surface area contributed by atoms with Crippen LogP contribution in [0.25, 0.3) is 0 Å². The molecule has 0 saturated carbocycles. The smallest absolute Gasteiger partial charge is 0.310 e. The molecule has 5 heteroatoms. The average Bonchev–Trinajstić information content (AvgIpc) is 2.38. The number of nitrogens with zero attached hydrogens (tertiary/aromatic N) is 2. The second kappa shape index (κ2) is 7.07. The number of carboxylic acid groups (broad SMARTS) is 1. The third-order valence-corrected chi connectivity index (χ3v) is 4.60. The van der Waals surface area contributed by atoms with E-state index in [-0.39, 0.29) is 6.10 Å². The van der Waals surface area contributed by atoms with Crippen LogP contribution in [0.3, 0.4) is 0 Å². The van der Waals surface area contributed by atoms with Crippen molar-refractivity contribution in [1.82, 2.24) is 9.80 Å². The van der Waals surface area contributed by atoms with Gasteiger partial charge >= 0.3 is 5.97 Å². The second-order valence-electron chi connectivity index (χ2n) is 7.35. The molecule has 0 bridgehead atoms. The van der Waals surface area contributed by atoms with E-state index in [2.05, 4.69) is 23.6 Å². The van der Waals surface area contributed by atoms with Crippen molar-refractivity contribution in [3.05, 3.63) is 0 Å². The number of hydrogen-bond acceptors (Lipinski definition) is 4. The summed E-state index contributed by atoms with van der Waals surface area (Å²) in [4.78, 5) is 16.2. The fraction of sp³-hybridized carbons (Fsp3) is 0.938. The molecule has 2 atom stereocenters. The molecule has 0 aromatic heterocycles. The maximum absolute atomic E-state index is 11.4. The Balaban J connectivity index is 1.84. The number of morpholine rings is 1. The first-order valence-corrected chi connectivity index (χ1v) is 8.19. The fourth-order valence-corrected chi connectivity index (χ4v) is 3.54. The van der Waals surface area contributed by atoms with Crippen molar-refractivity contribution in [3.8, 4) is 0 Å². The van der Waals surface area contributed by atoms with Crippen LogP contribution in [0.2, 0.25) is 0 Å². The van der Waals surface area contributed by atoms with Crippen LogP contribution in [-0.4, -0.2) is 72.9 Å². The molecule has 0 aromatic rings. The summed E-state index contributed by atoms with van der Waals surface area (Å²) in [5.74, 6) is 0.00670. The second-order valence-corrected chi connectivity index (χ2v) is 7.35. The van der Waals surface area contributed by atoms with Gasteiger partial charge in [-0.25, -0.2) is 0 Å². The van der Waals surface area contributed by atoms with Gasteiger partial charge in [0.15, 0.2) is 0 Å². The third kappa shape index (κ3) is 4.66. The minimum atomic E-state index is -0.668. The first kappa shape index (κ1) is 16.7. The van der Waals surface area contributed by atoms with Gasteiger partial charge in [0.1, 0.15) is 0 Å². The molecule has 2 aliphatic heterocycles. The fourth-order valence-electron chi connectivity index (χ4n) is 3.54. The number of rotatable bonds is 5. The predicted molar refractivity (Wildman–Crippen MR) is 82.4 cm³/mol. The maximum atomic E-state index is 11.4. The SMILES string of the molecule is CC(C)CN1CCOC(CN2CCCC(C)(C(=O)O)C2)C1. The van der Waals surface area contributed by atoms with E-state index in [0.717, 1.165) is 52.2 Å². The molecule has 5 nitrogen and oxygen atoms in total. The van der Waals surface area contributed by atoms with Gasteiger partial charge < -0.3 is 9.84 Å². The molecule has 1 N–H and O–H groups in total. The van der Waals surface area contributed by atoms with Crippen LogP contribution >= 0.6 is 0 Å². The van der Waals surface area contributed by atoms with E-state index < -0.39 is 11.4 Å². The predicted octanol–water partition coefficient (Wildman–Crippen LogP) is 1.53. The van der Waals surface area contributed by atoms with Crippen LogP contribution in [0, 0.1) is 11.3 Å². The summed E-state index contributed by atoms with van der Waals surface area (Å²) in [6.07, 6.45) is 1.96. The lowest BCUT2D eigenvalue weighted by molar-refractivity contribution is -0.152. The van der Waals surface area contributed by atoms with Gasteiger partial charge in [-0.3, -0.25) is 14.6 Å². The highest BCUT2D eigenvalue weighted by Crippen LogP contribution is 2.30. The highest BCUT2D eigenvalue weighted by molar-refractivity contribution is 5.74. The van der Waals surface area contributed by atoms with E-state index in [4.69, 9.17) is 4.74 Å². The van der Waals surface area contributed by atoms with E-state index >= 15 is 0 Å². The Morgan fingerprint density at radius 2 is 2.14 bits per heavy atom. The van der Waals surface area contributed by atoms with Gasteiger partial charge in [-0.1, -0.05) is 13.8 Å². The zero-order chi connectivity index (χ0) is 15.5. The van der Waals surface area contributed by atoms with Crippen LogP contribution in [0.15, 0.2) is 0 Å². The standard InChI is InChI=1S/C16H30N2O3/c1-13(2)9-17-7-8-21-14(10-17)11-18-6-4-5-16(3,12-18)15(19)20/h13-14H,4-12H2,1-3H3,(H,19,20). The molecule has 0 aromatic carbocycles. The molecular formula is C16H30N2O3. The quantitative estimate of drug-likeness (QED) is 0.834. The maximum Gasteiger partial charge on any atom is 0.310 e. The minimum Gasteiger partial charge on any atom is -0.481 e. The topological polar surface area (TPSA) is 53.0 Å². The lowest BCUT2D eigenvalue weighted by Gasteiger charge is -2.41. The Kier molecular flexibility index (Phi) is 5.63. The van der Waals surface area contributed by atoms with Crippen molar-refractivity contribution in [2.75, 3.05) is 45.9 Å². The van der Waals surface area contributed by atoms with Gasteiger partial charge in [-0.2, -0.15) is 0 Å². The molecule has 2 rings (SSSR count). The lowest BCUT2D eigenvalue weighted by atomic mass is 9.82. The van der Waals surface area contributed by atoms with Crippen LogP contribution in [-0.2, 0) is 9.53 Å². The molecule has 0 radical (unpaired) electrons. The summed E-state index contributed by atoms with van der Waals surface area (Å²) >= 11 is 0. The minimum absolute atomic E-state index is 0.216. The van der Waals surface area contributed by atoms with E-state index in [1.165, 1.54) is 0 Å². The number of aliphatic carboxylic acids is 1. The number of piperidine rings is 1. The Bertz CT molecular complexity index is 361. The molecule has 2 heterocycles. The Labute approximate surface area is 128 Å². The molecule has 122 valence electrons. The van der Waals surface area contributed by atoms with Gasteiger partial charge in [0.05, 0.1) is 18.1 Å². The monoisotopic (exact) mass is 298 g/mol. The summed E-state index contributed by atoms with van der Waals surface area (Å²) < 4.78 is 5.89. The summed E-state index contributed by atoms with van der Waals surface area (Å²) in [6, 6.07) is 0. The third-order valence-electron chi connectivity index (χ3n) is 4.60. The molecule has 2 aliphatic rings. The largest absolute Gasteiger partial charge is 0.481 e. The van der Waals surface area contributed by atoms with Gasteiger partial charge in [0.25, 0.3) is 0 Å². The van der Waals surface area contributed by atoms with Crippen molar-refractivity contribution in [2.24, 2.45) is 11.3 Å². The summed E-state index contributed by atoms with van der Waals surface area (Å²) in [7, 11) is 0. The van der Waals surface area contributed by atoms with Gasteiger partial charge in [0.2, 0.25) is 0 Å². The van der Waals surface area contributed by atoms with Crippen molar-refractivity contribution < 1.29 is 14.6 Å². The molecule has 2 saturated heterocycles. The van der Waals surface area contributed by atoms with E-state index in [1.807, 2.05) is 6.92 Å². The first-order chi connectivity index (χ1) is 9.89. The lowest BCUT2D eigenvalue weighted by Crippen LogP contribution is -2.52. The van der Waals surface area contributed by atoms with E-state index in [1.54, 1.807) is 0 Å². The number of hydrogen-bond donors (Lipinski definition) is 1. The normalized spacial score (nSPS) is 32.5. The van der Waals surface area contributed by atoms with E-state index in [0.29, 0.717) is 12.5 Å². The van der Waals surface area contributed by atoms with Crippen molar-refractivity contribution in [2.45, 2.75) is 39.7 Å². The number of carboxylic acids is 1. The van der Waals surface area contributed by atoms with Crippen molar-refractivity contribution >= 4 is 5.97 Å². The van der Waals surface area contributed by atoms with Crippen molar-refractivity contribution in [3.63, 3.8) is 0 Å². The van der Waals surface area contributed by atoms with Crippen LogP contribution in [0.1, 0.15) is 33.6 Å². The molecule has 0 amide bonds. The molecule has 0 aliphatic carbocycles. The first-order valence-electron chi connectivity index (χ1n) is 8.19. The van der Waals surface area contributed by atoms with Crippen LogP contribution < -0.4 is 0 Å². The summed E-state index contributed by atoms with van der Waals surface area (Å²) in [6.45, 7) is 12.7. The van der Waals surface area contributed by atoms with Crippen molar-refractivity contribution in [1.29, 1.82) is 0 Å². The van der Waals surface area contributed by atoms with Crippen LogP contribution in [0.4, 0.5) is 0 Å². The summed E-state index contributed by atoms with van der Waals surface area (Å²) in [5.41, 5.74) is -0.593. The summed E-state index contributed by atoms with van der Waals surface area (Å²) in [5, 5.41) is 9.40.